The van der Waals surface area contributed by atoms with Crippen LogP contribution < -0.4 is 10.6 Å². The summed E-state index contributed by atoms with van der Waals surface area (Å²) < 4.78 is 5.35. The summed E-state index contributed by atoms with van der Waals surface area (Å²) in [5, 5.41) is 15.7. The molecule has 0 atom stereocenters. The molecule has 3 N–H and O–H groups in total. The molecule has 1 aromatic carbocycles. The molecule has 3 aromatic rings. The molecule has 0 aliphatic rings. The summed E-state index contributed by atoms with van der Waals surface area (Å²) in [6.07, 6.45) is 3.45. The smallest absolute Gasteiger partial charge is 0.251 e. The van der Waals surface area contributed by atoms with Gasteiger partial charge in [-0.15, -0.1) is 11.3 Å². The Balaban J connectivity index is 1.68. The number of hydrogen-bond acceptors (Lipinski definition) is 6. The number of aromatic nitrogens is 1. The third kappa shape index (κ3) is 4.07. The van der Waals surface area contributed by atoms with Crippen LogP contribution in [0, 0.1) is 6.92 Å². The number of anilines is 1. The molecule has 6 nitrogen and oxygen atoms in total. The van der Waals surface area contributed by atoms with E-state index in [1.54, 1.807) is 23.7 Å². The first kappa shape index (κ1) is 17.2. The van der Waals surface area contributed by atoms with Crippen LogP contribution in [0.5, 0.6) is 0 Å². The van der Waals surface area contributed by atoms with Crippen LogP contribution in [0.2, 0.25) is 0 Å². The van der Waals surface area contributed by atoms with Gasteiger partial charge in [-0.1, -0.05) is 6.07 Å². The normalized spacial score (nSPS) is 10.6. The lowest BCUT2D eigenvalue weighted by molar-refractivity contribution is 0.0944. The van der Waals surface area contributed by atoms with E-state index in [1.165, 1.54) is 0 Å². The van der Waals surface area contributed by atoms with Crippen molar-refractivity contribution in [1.29, 1.82) is 0 Å². The first-order valence-corrected chi connectivity index (χ1v) is 8.72. The fraction of sp³-hybridized carbons (Fsp3) is 0.222. The van der Waals surface area contributed by atoms with Gasteiger partial charge in [0.1, 0.15) is 0 Å². The van der Waals surface area contributed by atoms with Gasteiger partial charge in [-0.3, -0.25) is 4.79 Å². The molecule has 3 rings (SSSR count). The number of carbonyl (C=O) groups is 1. The number of nitrogens with zero attached hydrogens (tertiary/aromatic N) is 1. The highest BCUT2D eigenvalue weighted by molar-refractivity contribution is 7.14. The molecule has 0 spiro atoms. The molecule has 2 heterocycles. The summed E-state index contributed by atoms with van der Waals surface area (Å²) >= 11 is 1.56. The highest BCUT2D eigenvalue weighted by Gasteiger charge is 2.12. The van der Waals surface area contributed by atoms with E-state index in [2.05, 4.69) is 15.6 Å². The Morgan fingerprint density at radius 1 is 1.32 bits per heavy atom. The van der Waals surface area contributed by atoms with E-state index in [9.17, 15) is 4.79 Å². The summed E-state index contributed by atoms with van der Waals surface area (Å²) in [6, 6.07) is 9.27. The number of carbonyl (C=O) groups excluding carboxylic acids is 1. The monoisotopic (exact) mass is 357 g/mol. The zero-order chi connectivity index (χ0) is 17.6. The Labute approximate surface area is 149 Å². The Hall–Kier alpha value is -2.64. The Kier molecular flexibility index (Phi) is 5.47. The summed E-state index contributed by atoms with van der Waals surface area (Å²) in [7, 11) is 0. The van der Waals surface area contributed by atoms with Gasteiger partial charge in [-0.05, 0) is 36.8 Å². The average Bonchev–Trinajstić information content (AvgIpc) is 3.30. The predicted molar refractivity (Wildman–Crippen MR) is 97.7 cm³/mol. The number of rotatable bonds is 7. The summed E-state index contributed by atoms with van der Waals surface area (Å²) in [5.41, 5.74) is 2.36. The van der Waals surface area contributed by atoms with Crippen LogP contribution in [0.25, 0.3) is 10.8 Å². The van der Waals surface area contributed by atoms with Crippen molar-refractivity contribution in [1.82, 2.24) is 10.3 Å². The van der Waals surface area contributed by atoms with Gasteiger partial charge in [-0.25, -0.2) is 4.98 Å². The van der Waals surface area contributed by atoms with Crippen molar-refractivity contribution < 1.29 is 14.3 Å². The zero-order valence-electron chi connectivity index (χ0n) is 13.8. The number of amides is 1. The Morgan fingerprint density at radius 3 is 2.96 bits per heavy atom. The van der Waals surface area contributed by atoms with Crippen LogP contribution in [0.3, 0.4) is 0 Å². The second kappa shape index (κ2) is 7.96. The molecule has 0 aliphatic carbocycles. The first-order chi connectivity index (χ1) is 12.2. The number of aliphatic hydroxyl groups is 1. The van der Waals surface area contributed by atoms with E-state index in [0.717, 1.165) is 26.9 Å². The summed E-state index contributed by atoms with van der Waals surface area (Å²) in [6.45, 7) is 2.68. The molecule has 0 bridgehead atoms. The van der Waals surface area contributed by atoms with Crippen LogP contribution in [0.1, 0.15) is 20.8 Å². The molecule has 0 radical (unpaired) electrons. The van der Waals surface area contributed by atoms with E-state index in [1.807, 2.05) is 37.4 Å². The lowest BCUT2D eigenvalue weighted by Gasteiger charge is -2.12. The molecule has 0 aliphatic heterocycles. The van der Waals surface area contributed by atoms with Gasteiger partial charge in [0.15, 0.2) is 10.8 Å². The molecule has 0 unspecified atom stereocenters. The van der Waals surface area contributed by atoms with E-state index in [-0.39, 0.29) is 19.1 Å². The summed E-state index contributed by atoms with van der Waals surface area (Å²) in [4.78, 5) is 17.6. The third-order valence-electron chi connectivity index (χ3n) is 3.71. The highest BCUT2D eigenvalue weighted by Crippen LogP contribution is 2.26. The van der Waals surface area contributed by atoms with Gasteiger partial charge in [-0.2, -0.15) is 0 Å². The molecule has 1 amide bonds. The Bertz CT molecular complexity index is 843. The standard InChI is InChI=1S/C18H19N3O3S/c1-12-14(17(23)19-7-8-22)4-2-5-15(12)20-10-13-11-21-18(25-13)16-6-3-9-24-16/h2-6,9,11,20,22H,7-8,10H2,1H3,(H,19,23). The van der Waals surface area contributed by atoms with Crippen molar-refractivity contribution in [3.63, 3.8) is 0 Å². The lowest BCUT2D eigenvalue weighted by Crippen LogP contribution is -2.27. The lowest BCUT2D eigenvalue weighted by atomic mass is 10.1. The van der Waals surface area contributed by atoms with Crippen molar-refractivity contribution >= 4 is 22.9 Å². The fourth-order valence-corrected chi connectivity index (χ4v) is 3.24. The van der Waals surface area contributed by atoms with Crippen LogP contribution >= 0.6 is 11.3 Å². The second-order valence-corrected chi connectivity index (χ2v) is 6.54. The van der Waals surface area contributed by atoms with Gasteiger partial charge in [0, 0.05) is 28.9 Å². The van der Waals surface area contributed by atoms with Gasteiger partial charge in [0.05, 0.1) is 19.4 Å². The minimum absolute atomic E-state index is 0.0773. The quantitative estimate of drug-likeness (QED) is 0.605. The third-order valence-corrected chi connectivity index (χ3v) is 4.73. The van der Waals surface area contributed by atoms with E-state index < -0.39 is 0 Å². The molecule has 25 heavy (non-hydrogen) atoms. The molecular formula is C18H19N3O3S. The van der Waals surface area contributed by atoms with Crippen LogP contribution in [0.4, 0.5) is 5.69 Å². The molecule has 2 aromatic heterocycles. The van der Waals surface area contributed by atoms with E-state index in [4.69, 9.17) is 9.52 Å². The van der Waals surface area contributed by atoms with Crippen molar-refractivity contribution in [3.8, 4) is 10.8 Å². The maximum atomic E-state index is 12.1. The van der Waals surface area contributed by atoms with Crippen LogP contribution in [-0.2, 0) is 6.54 Å². The molecule has 0 saturated heterocycles. The van der Waals surface area contributed by atoms with Crippen molar-refractivity contribution in [2.75, 3.05) is 18.5 Å². The fourth-order valence-electron chi connectivity index (χ4n) is 2.42. The molecule has 130 valence electrons. The topological polar surface area (TPSA) is 87.4 Å². The largest absolute Gasteiger partial charge is 0.462 e. The van der Waals surface area contributed by atoms with Gasteiger partial charge in [0.2, 0.25) is 0 Å². The number of benzene rings is 1. The van der Waals surface area contributed by atoms with Crippen molar-refractivity contribution in [2.24, 2.45) is 0 Å². The van der Waals surface area contributed by atoms with E-state index >= 15 is 0 Å². The molecular weight excluding hydrogens is 338 g/mol. The Morgan fingerprint density at radius 2 is 2.20 bits per heavy atom. The molecule has 0 saturated carbocycles. The van der Waals surface area contributed by atoms with Gasteiger partial charge in [0.25, 0.3) is 5.91 Å². The zero-order valence-corrected chi connectivity index (χ0v) is 14.6. The van der Waals surface area contributed by atoms with Crippen molar-refractivity contribution in [2.45, 2.75) is 13.5 Å². The van der Waals surface area contributed by atoms with Crippen LogP contribution in [0.15, 0.2) is 47.2 Å². The highest BCUT2D eigenvalue weighted by atomic mass is 32.1. The molecule has 0 fully saturated rings. The number of aliphatic hydroxyl groups excluding tert-OH is 1. The van der Waals surface area contributed by atoms with Crippen molar-refractivity contribution in [3.05, 3.63) is 58.8 Å². The second-order valence-electron chi connectivity index (χ2n) is 5.42. The minimum Gasteiger partial charge on any atom is -0.462 e. The predicted octanol–water partition coefficient (Wildman–Crippen LogP) is 3.05. The number of hydrogen-bond donors (Lipinski definition) is 3. The number of furan rings is 1. The minimum atomic E-state index is -0.187. The maximum Gasteiger partial charge on any atom is 0.251 e. The maximum absolute atomic E-state index is 12.1. The SMILES string of the molecule is Cc1c(NCc2cnc(-c3ccco3)s2)cccc1C(=O)NCCO. The average molecular weight is 357 g/mol. The number of nitrogens with one attached hydrogen (secondary N) is 2. The molecule has 7 heteroatoms. The van der Waals surface area contributed by atoms with E-state index in [0.29, 0.717) is 12.1 Å². The number of thiazole rings is 1. The van der Waals surface area contributed by atoms with Crippen LogP contribution in [-0.4, -0.2) is 29.1 Å². The van der Waals surface area contributed by atoms with Gasteiger partial charge < -0.3 is 20.2 Å². The summed E-state index contributed by atoms with van der Waals surface area (Å²) in [5.74, 6) is 0.572. The van der Waals surface area contributed by atoms with Gasteiger partial charge >= 0.3 is 0 Å². The first-order valence-electron chi connectivity index (χ1n) is 7.90.